The summed E-state index contributed by atoms with van der Waals surface area (Å²) in [7, 11) is -7.38. The van der Waals surface area contributed by atoms with Gasteiger partial charge >= 0.3 is 0 Å². The zero-order valence-corrected chi connectivity index (χ0v) is 21.7. The number of anilines is 1. The van der Waals surface area contributed by atoms with Crippen molar-refractivity contribution in [2.24, 2.45) is 4.99 Å². The van der Waals surface area contributed by atoms with Crippen LogP contribution in [0.1, 0.15) is 15.9 Å². The molecule has 0 aliphatic carbocycles. The van der Waals surface area contributed by atoms with Crippen molar-refractivity contribution in [3.63, 3.8) is 0 Å². The highest BCUT2D eigenvalue weighted by Gasteiger charge is 2.19. The van der Waals surface area contributed by atoms with E-state index < -0.39 is 25.8 Å². The molecular formula is C25H21N3O5S3. The van der Waals surface area contributed by atoms with E-state index in [1.54, 1.807) is 34.9 Å². The van der Waals surface area contributed by atoms with Gasteiger partial charge in [-0.05, 0) is 49.4 Å². The predicted octanol–water partition coefficient (Wildman–Crippen LogP) is 3.59. The summed E-state index contributed by atoms with van der Waals surface area (Å²) in [6.45, 7) is 1.95. The molecule has 0 aliphatic rings. The molecule has 0 spiro atoms. The molecule has 184 valence electrons. The Balaban J connectivity index is 1.78. The Bertz CT molecular complexity index is 1810. The highest BCUT2D eigenvalue weighted by molar-refractivity contribution is 7.92. The Labute approximate surface area is 212 Å². The van der Waals surface area contributed by atoms with E-state index in [1.165, 1.54) is 36.4 Å². The van der Waals surface area contributed by atoms with Crippen LogP contribution in [0.3, 0.4) is 0 Å². The van der Waals surface area contributed by atoms with E-state index in [9.17, 15) is 21.6 Å². The van der Waals surface area contributed by atoms with Crippen LogP contribution in [-0.4, -0.2) is 33.6 Å². The number of para-hydroxylation sites is 1. The van der Waals surface area contributed by atoms with Gasteiger partial charge in [-0.1, -0.05) is 47.1 Å². The first kappa shape index (κ1) is 25.4. The van der Waals surface area contributed by atoms with Gasteiger partial charge in [0, 0.05) is 6.26 Å². The van der Waals surface area contributed by atoms with Gasteiger partial charge in [-0.2, -0.15) is 4.99 Å². The Morgan fingerprint density at radius 2 is 1.69 bits per heavy atom. The van der Waals surface area contributed by atoms with Crippen LogP contribution in [0.5, 0.6) is 0 Å². The minimum atomic E-state index is -3.94. The van der Waals surface area contributed by atoms with Crippen LogP contribution in [-0.2, 0) is 26.4 Å². The van der Waals surface area contributed by atoms with Crippen LogP contribution in [0.25, 0.3) is 10.2 Å². The van der Waals surface area contributed by atoms with Crippen LogP contribution < -0.4 is 9.52 Å². The summed E-state index contributed by atoms with van der Waals surface area (Å²) in [4.78, 5) is 17.9. The maximum atomic E-state index is 13.2. The van der Waals surface area contributed by atoms with Crippen molar-refractivity contribution in [1.82, 2.24) is 4.57 Å². The van der Waals surface area contributed by atoms with Gasteiger partial charge in [0.1, 0.15) is 0 Å². The van der Waals surface area contributed by atoms with E-state index in [0.29, 0.717) is 10.2 Å². The maximum Gasteiger partial charge on any atom is 0.281 e. The van der Waals surface area contributed by atoms with Crippen LogP contribution in [0, 0.1) is 19.3 Å². The summed E-state index contributed by atoms with van der Waals surface area (Å²) in [6, 6.07) is 17.1. The number of fused-ring (bicyclic) bond motifs is 1. The molecular weight excluding hydrogens is 518 g/mol. The molecule has 4 aromatic rings. The molecule has 4 rings (SSSR count). The van der Waals surface area contributed by atoms with Crippen LogP contribution >= 0.6 is 11.3 Å². The quantitative estimate of drug-likeness (QED) is 0.376. The number of hydrogen-bond acceptors (Lipinski definition) is 6. The molecule has 0 saturated carbocycles. The number of carbonyl (C=O) groups is 1. The highest BCUT2D eigenvalue weighted by Crippen LogP contribution is 2.24. The number of hydrogen-bond donors (Lipinski definition) is 1. The Morgan fingerprint density at radius 3 is 2.36 bits per heavy atom. The van der Waals surface area contributed by atoms with Gasteiger partial charge in [0.15, 0.2) is 14.6 Å². The molecule has 0 aliphatic heterocycles. The summed E-state index contributed by atoms with van der Waals surface area (Å²) in [5, 5.41) is 0. The lowest BCUT2D eigenvalue weighted by Gasteiger charge is -2.11. The van der Waals surface area contributed by atoms with Gasteiger partial charge in [0.2, 0.25) is 0 Å². The van der Waals surface area contributed by atoms with E-state index >= 15 is 0 Å². The second-order valence-electron chi connectivity index (χ2n) is 7.96. The molecule has 1 aromatic heterocycles. The summed E-state index contributed by atoms with van der Waals surface area (Å²) in [5.74, 6) is 1.83. The molecule has 36 heavy (non-hydrogen) atoms. The monoisotopic (exact) mass is 539 g/mol. The SMILES string of the molecule is C#CCn1c(=NC(=O)c2ccccc2NS(=O)(=O)c2ccc(C)cc2)sc2cc(S(C)(=O)=O)ccc21. The van der Waals surface area contributed by atoms with E-state index in [4.69, 9.17) is 6.42 Å². The van der Waals surface area contributed by atoms with E-state index in [2.05, 4.69) is 15.6 Å². The lowest BCUT2D eigenvalue weighted by atomic mass is 10.2. The van der Waals surface area contributed by atoms with E-state index in [0.717, 1.165) is 23.2 Å². The standard InChI is InChI=1S/C25H21N3O5S3/c1-4-15-28-22-14-13-19(35(3,30)31)16-23(22)34-25(28)26-24(29)20-7-5-6-8-21(20)27-36(32,33)18-11-9-17(2)10-12-18/h1,5-14,16,27H,15H2,2-3H3. The van der Waals surface area contributed by atoms with Gasteiger partial charge in [-0.25, -0.2) is 16.8 Å². The largest absolute Gasteiger partial charge is 0.305 e. The number of carbonyl (C=O) groups excluding carboxylic acids is 1. The molecule has 0 bridgehead atoms. The fourth-order valence-corrected chi connectivity index (χ4v) is 6.31. The number of aromatic nitrogens is 1. The number of terminal acetylenes is 1. The average molecular weight is 540 g/mol. The Hall–Kier alpha value is -3.72. The number of sulfone groups is 1. The van der Waals surface area contributed by atoms with Crippen molar-refractivity contribution in [3.8, 4) is 12.3 Å². The number of nitrogens with zero attached hydrogens (tertiary/aromatic N) is 2. The second-order valence-corrected chi connectivity index (χ2v) is 12.7. The summed E-state index contributed by atoms with van der Waals surface area (Å²) in [6.07, 6.45) is 6.63. The molecule has 8 nitrogen and oxygen atoms in total. The minimum absolute atomic E-state index is 0.0507. The topological polar surface area (TPSA) is 115 Å². The third-order valence-corrected chi connectivity index (χ3v) is 8.79. The molecule has 1 N–H and O–H groups in total. The number of nitrogens with one attached hydrogen (secondary N) is 1. The zero-order valence-electron chi connectivity index (χ0n) is 19.3. The zero-order chi connectivity index (χ0) is 26.1. The lowest BCUT2D eigenvalue weighted by Crippen LogP contribution is -2.18. The average Bonchev–Trinajstić information content (AvgIpc) is 3.15. The Kier molecular flexibility index (Phi) is 6.86. The number of sulfonamides is 1. The third kappa shape index (κ3) is 5.26. The number of amides is 1. The predicted molar refractivity (Wildman–Crippen MR) is 140 cm³/mol. The molecule has 0 radical (unpaired) electrons. The molecule has 11 heteroatoms. The minimum Gasteiger partial charge on any atom is -0.305 e. The second kappa shape index (κ2) is 9.73. The lowest BCUT2D eigenvalue weighted by molar-refractivity contribution is 0.0998. The van der Waals surface area contributed by atoms with Gasteiger partial charge in [-0.15, -0.1) is 6.42 Å². The van der Waals surface area contributed by atoms with Gasteiger partial charge in [0.25, 0.3) is 15.9 Å². The first-order valence-corrected chi connectivity index (χ1v) is 14.7. The molecule has 0 atom stereocenters. The van der Waals surface area contributed by atoms with Gasteiger partial charge in [0.05, 0.1) is 37.8 Å². The highest BCUT2D eigenvalue weighted by atomic mass is 32.2. The maximum absolute atomic E-state index is 13.2. The molecule has 0 saturated heterocycles. The first-order valence-electron chi connectivity index (χ1n) is 10.5. The van der Waals surface area contributed by atoms with Crippen molar-refractivity contribution >= 4 is 53.0 Å². The van der Waals surface area contributed by atoms with Crippen LogP contribution in [0.2, 0.25) is 0 Å². The number of rotatable bonds is 6. The van der Waals surface area contributed by atoms with Crippen molar-refractivity contribution in [3.05, 3.63) is 82.7 Å². The first-order chi connectivity index (χ1) is 17.0. The molecule has 1 amide bonds. The summed E-state index contributed by atoms with van der Waals surface area (Å²) >= 11 is 1.11. The smallest absolute Gasteiger partial charge is 0.281 e. The van der Waals surface area contributed by atoms with Crippen molar-refractivity contribution in [1.29, 1.82) is 0 Å². The Morgan fingerprint density at radius 1 is 1.03 bits per heavy atom. The van der Waals surface area contributed by atoms with Gasteiger partial charge < -0.3 is 4.57 Å². The molecule has 0 fully saturated rings. The van der Waals surface area contributed by atoms with E-state index in [1.807, 2.05) is 6.92 Å². The fourth-order valence-electron chi connectivity index (χ4n) is 3.44. The summed E-state index contributed by atoms with van der Waals surface area (Å²) < 4.78 is 54.4. The fraction of sp³-hybridized carbons (Fsp3) is 0.120. The van der Waals surface area contributed by atoms with Crippen LogP contribution in [0.15, 0.2) is 81.5 Å². The third-order valence-electron chi connectivity index (χ3n) is 5.26. The van der Waals surface area contributed by atoms with Gasteiger partial charge in [-0.3, -0.25) is 9.52 Å². The van der Waals surface area contributed by atoms with Crippen molar-refractivity contribution < 1.29 is 21.6 Å². The van der Waals surface area contributed by atoms with E-state index in [-0.39, 0.29) is 32.4 Å². The molecule has 1 heterocycles. The number of benzene rings is 3. The normalized spacial score (nSPS) is 12.4. The number of thiazole rings is 1. The number of aryl methyl sites for hydroxylation is 1. The summed E-state index contributed by atoms with van der Waals surface area (Å²) in [5.41, 5.74) is 1.67. The van der Waals surface area contributed by atoms with Crippen molar-refractivity contribution in [2.75, 3.05) is 11.0 Å². The van der Waals surface area contributed by atoms with Crippen molar-refractivity contribution in [2.45, 2.75) is 23.3 Å². The van der Waals surface area contributed by atoms with Crippen LogP contribution in [0.4, 0.5) is 5.69 Å². The molecule has 0 unspecified atom stereocenters. The molecule has 3 aromatic carbocycles.